The number of nitrogens with one attached hydrogen (secondary N) is 1. The summed E-state index contributed by atoms with van der Waals surface area (Å²) in [6.07, 6.45) is 2.57. The smallest absolute Gasteiger partial charge is 0.492 e. The molecule has 1 amide bonds. The predicted octanol–water partition coefficient (Wildman–Crippen LogP) is 3.67. The van der Waals surface area contributed by atoms with Gasteiger partial charge in [-0.2, -0.15) is 0 Å². The van der Waals surface area contributed by atoms with E-state index in [4.69, 9.17) is 9.47 Å². The fourth-order valence-electron chi connectivity index (χ4n) is 4.42. The van der Waals surface area contributed by atoms with Crippen LogP contribution in [-0.4, -0.2) is 55.9 Å². The fourth-order valence-corrected chi connectivity index (χ4v) is 4.42. The summed E-state index contributed by atoms with van der Waals surface area (Å²) in [5.41, 5.74) is -1.83. The van der Waals surface area contributed by atoms with Gasteiger partial charge in [-0.1, -0.05) is 0 Å². The molecule has 1 saturated heterocycles. The summed E-state index contributed by atoms with van der Waals surface area (Å²) in [5.74, 6) is -2.18. The van der Waals surface area contributed by atoms with Crippen molar-refractivity contribution in [1.82, 2.24) is 9.88 Å². The monoisotopic (exact) mass is 509 g/mol. The molecule has 1 atom stereocenters. The van der Waals surface area contributed by atoms with Crippen molar-refractivity contribution in [2.45, 2.75) is 57.7 Å². The maximum atomic E-state index is 15.5. The van der Waals surface area contributed by atoms with Crippen molar-refractivity contribution in [3.8, 4) is 5.75 Å². The van der Waals surface area contributed by atoms with Gasteiger partial charge < -0.3 is 28.9 Å². The first-order chi connectivity index (χ1) is 16.9. The molecule has 4 rings (SSSR count). The molecular formula is C23H27BF3N3O6. The highest BCUT2D eigenvalue weighted by atomic mass is 19.2. The number of methoxy groups -OCH3 is 1. The van der Waals surface area contributed by atoms with Crippen LogP contribution in [0.25, 0.3) is 10.9 Å². The highest BCUT2D eigenvalue weighted by molar-refractivity contribution is 6.38. The van der Waals surface area contributed by atoms with E-state index in [1.807, 2.05) is 0 Å². The van der Waals surface area contributed by atoms with E-state index < -0.39 is 41.9 Å². The zero-order chi connectivity index (χ0) is 26.4. The second kappa shape index (κ2) is 9.59. The van der Waals surface area contributed by atoms with Gasteiger partial charge in [0.1, 0.15) is 16.9 Å². The number of halogens is 3. The molecule has 1 aliphatic heterocycles. The van der Waals surface area contributed by atoms with E-state index in [9.17, 15) is 23.0 Å². The van der Waals surface area contributed by atoms with Crippen LogP contribution in [0.4, 0.5) is 23.5 Å². The van der Waals surface area contributed by atoms with E-state index in [0.29, 0.717) is 13.0 Å². The normalized spacial score (nSPS) is 17.8. The van der Waals surface area contributed by atoms with Gasteiger partial charge >= 0.3 is 19.5 Å². The zero-order valence-corrected chi connectivity index (χ0v) is 20.4. The Morgan fingerprint density at radius 2 is 1.89 bits per heavy atom. The Bertz CT molecular complexity index is 1260. The average Bonchev–Trinajstić information content (AvgIpc) is 3.50. The number of rotatable bonds is 6. The van der Waals surface area contributed by atoms with Gasteiger partial charge in [0, 0.05) is 25.3 Å². The third-order valence-electron chi connectivity index (χ3n) is 5.98. The standard InChI is InChI=1S/C23H27BF3N3O6/c1-23(2,3)35-22(33)28-12-7-8-29(10-12)18-16(25)9-14-17(20(18)34-4)30(13-5-6-13)11-15(19(14)31)21(32)36-24(26)27/h9,11-13H,5-8,10H2,1-4H3,(H,28,33). The molecule has 1 aromatic carbocycles. The molecular weight excluding hydrogens is 482 g/mol. The number of benzene rings is 1. The second-order valence-electron chi connectivity index (χ2n) is 9.89. The number of aromatic nitrogens is 1. The number of pyridine rings is 1. The SMILES string of the molecule is COc1c(N2CCC(NC(=O)OC(C)(C)C)C2)c(F)cc2c(=O)c(C(=O)OB(F)F)cn(C3CC3)c12. The zero-order valence-electron chi connectivity index (χ0n) is 20.4. The lowest BCUT2D eigenvalue weighted by Gasteiger charge is -2.25. The summed E-state index contributed by atoms with van der Waals surface area (Å²) in [4.78, 5) is 39.1. The quantitative estimate of drug-likeness (QED) is 0.594. The van der Waals surface area contributed by atoms with Crippen LogP contribution in [0.3, 0.4) is 0 Å². The Morgan fingerprint density at radius 1 is 1.19 bits per heavy atom. The Hall–Kier alpha value is -3.38. The molecule has 13 heteroatoms. The number of hydrogen-bond acceptors (Lipinski definition) is 7. The van der Waals surface area contributed by atoms with Crippen molar-refractivity contribution in [1.29, 1.82) is 0 Å². The summed E-state index contributed by atoms with van der Waals surface area (Å²) >= 11 is 0. The number of nitrogens with zero attached hydrogens (tertiary/aromatic N) is 2. The summed E-state index contributed by atoms with van der Waals surface area (Å²) in [7, 11) is -2.06. The third-order valence-corrected chi connectivity index (χ3v) is 5.98. The molecule has 2 aliphatic rings. The fraction of sp³-hybridized carbons (Fsp3) is 0.522. The number of ether oxygens (including phenoxy) is 2. The summed E-state index contributed by atoms with van der Waals surface area (Å²) in [6, 6.07) is 0.567. The minimum absolute atomic E-state index is 0.0840. The first kappa shape index (κ1) is 25.7. The molecule has 1 unspecified atom stereocenters. The molecule has 2 heterocycles. The number of alkyl carbamates (subject to hydrolysis) is 1. The molecule has 194 valence electrons. The van der Waals surface area contributed by atoms with Gasteiger partial charge in [-0.3, -0.25) is 4.79 Å². The molecule has 0 bridgehead atoms. The van der Waals surface area contributed by atoms with E-state index in [2.05, 4.69) is 9.97 Å². The number of amides is 1. The van der Waals surface area contributed by atoms with E-state index >= 15 is 4.39 Å². The second-order valence-corrected chi connectivity index (χ2v) is 9.89. The van der Waals surface area contributed by atoms with Crippen LogP contribution in [0.15, 0.2) is 17.1 Å². The Morgan fingerprint density at radius 3 is 2.47 bits per heavy atom. The van der Waals surface area contributed by atoms with Crippen LogP contribution in [0.2, 0.25) is 0 Å². The molecule has 0 radical (unpaired) electrons. The highest BCUT2D eigenvalue weighted by Crippen LogP contribution is 2.44. The number of carbonyl (C=O) groups excluding carboxylic acids is 2. The van der Waals surface area contributed by atoms with Crippen molar-refractivity contribution >= 4 is 36.1 Å². The van der Waals surface area contributed by atoms with Gasteiger partial charge in [0.25, 0.3) is 0 Å². The molecule has 2 aromatic rings. The van der Waals surface area contributed by atoms with Gasteiger partial charge in [-0.15, -0.1) is 0 Å². The van der Waals surface area contributed by atoms with E-state index in [1.165, 1.54) is 13.3 Å². The number of anilines is 1. The van der Waals surface area contributed by atoms with Crippen LogP contribution in [-0.2, 0) is 9.39 Å². The van der Waals surface area contributed by atoms with Gasteiger partial charge in [0.05, 0.1) is 24.1 Å². The van der Waals surface area contributed by atoms with Crippen molar-refractivity contribution in [3.05, 3.63) is 33.9 Å². The molecule has 1 saturated carbocycles. The molecule has 2 fully saturated rings. The van der Waals surface area contributed by atoms with Crippen molar-refractivity contribution in [3.63, 3.8) is 0 Å². The molecule has 1 aliphatic carbocycles. The lowest BCUT2D eigenvalue weighted by Crippen LogP contribution is -2.40. The average molecular weight is 509 g/mol. The topological polar surface area (TPSA) is 99.1 Å². The third kappa shape index (κ3) is 5.24. The highest BCUT2D eigenvalue weighted by Gasteiger charge is 2.35. The van der Waals surface area contributed by atoms with Crippen LogP contribution in [0, 0.1) is 5.82 Å². The van der Waals surface area contributed by atoms with Crippen molar-refractivity contribution < 1.29 is 36.7 Å². The summed E-state index contributed by atoms with van der Waals surface area (Å²) in [6.45, 7) is 5.92. The molecule has 1 N–H and O–H groups in total. The predicted molar refractivity (Wildman–Crippen MR) is 126 cm³/mol. The van der Waals surface area contributed by atoms with Gasteiger partial charge in [0.2, 0.25) is 5.43 Å². The van der Waals surface area contributed by atoms with E-state index in [0.717, 1.165) is 18.9 Å². The lowest BCUT2D eigenvalue weighted by molar-refractivity contribution is 0.0508. The van der Waals surface area contributed by atoms with Crippen molar-refractivity contribution in [2.75, 3.05) is 25.1 Å². The van der Waals surface area contributed by atoms with Crippen LogP contribution in [0.5, 0.6) is 5.75 Å². The minimum Gasteiger partial charge on any atom is -0.492 e. The van der Waals surface area contributed by atoms with Gasteiger partial charge in [0.15, 0.2) is 11.6 Å². The first-order valence-corrected chi connectivity index (χ1v) is 11.6. The van der Waals surface area contributed by atoms with Gasteiger partial charge in [-0.25, -0.2) is 22.6 Å². The Balaban J connectivity index is 1.74. The lowest BCUT2D eigenvalue weighted by atomic mass is 10.1. The molecule has 0 spiro atoms. The minimum atomic E-state index is -3.40. The first-order valence-electron chi connectivity index (χ1n) is 11.6. The number of hydrogen-bond donors (Lipinski definition) is 1. The van der Waals surface area contributed by atoms with Crippen LogP contribution >= 0.6 is 0 Å². The van der Waals surface area contributed by atoms with E-state index in [1.54, 1.807) is 30.2 Å². The van der Waals surface area contributed by atoms with E-state index in [-0.39, 0.29) is 41.0 Å². The maximum absolute atomic E-state index is 15.5. The maximum Gasteiger partial charge on any atom is 0.798 e. The Kier molecular flexibility index (Phi) is 6.85. The summed E-state index contributed by atoms with van der Waals surface area (Å²) < 4.78 is 57.1. The van der Waals surface area contributed by atoms with Crippen LogP contribution in [0.1, 0.15) is 56.4 Å². The largest absolute Gasteiger partial charge is 0.798 e. The Labute approximate surface area is 205 Å². The molecule has 9 nitrogen and oxygen atoms in total. The molecule has 36 heavy (non-hydrogen) atoms. The number of carbonyl (C=O) groups is 2. The van der Waals surface area contributed by atoms with Crippen LogP contribution < -0.4 is 20.4 Å². The van der Waals surface area contributed by atoms with Crippen molar-refractivity contribution in [2.24, 2.45) is 0 Å². The van der Waals surface area contributed by atoms with Gasteiger partial charge in [-0.05, 0) is 46.1 Å². The molecule has 1 aromatic heterocycles. The number of fused-ring (bicyclic) bond motifs is 1. The summed E-state index contributed by atoms with van der Waals surface area (Å²) in [5, 5.41) is 2.60.